The molecule has 1 aliphatic heterocycles. The Kier molecular flexibility index (Phi) is 3.52. The largest absolute Gasteiger partial charge is 0.399 e. The number of morpholine rings is 1. The van der Waals surface area contributed by atoms with Crippen LogP contribution < -0.4 is 5.73 Å². The number of nitrogens with zero attached hydrogens (tertiary/aromatic N) is 1. The van der Waals surface area contributed by atoms with E-state index in [1.807, 2.05) is 12.1 Å². The van der Waals surface area contributed by atoms with Crippen molar-refractivity contribution in [3.05, 3.63) is 29.8 Å². The van der Waals surface area contributed by atoms with Crippen molar-refractivity contribution in [1.82, 2.24) is 4.90 Å². The normalized spacial score (nSPS) is 28.2. The Labute approximate surface area is 109 Å². The molecule has 1 saturated heterocycles. The lowest BCUT2D eigenvalue weighted by molar-refractivity contribution is -0.0549. The molecule has 18 heavy (non-hydrogen) atoms. The van der Waals surface area contributed by atoms with Crippen molar-refractivity contribution in [3.63, 3.8) is 0 Å². The number of hydrogen-bond acceptors (Lipinski definition) is 3. The van der Waals surface area contributed by atoms with Gasteiger partial charge in [-0.05, 0) is 37.3 Å². The zero-order chi connectivity index (χ0) is 12.4. The smallest absolute Gasteiger partial charge is 0.0730 e. The number of nitrogen functional groups attached to an aromatic ring is 1. The molecule has 2 aliphatic rings. The van der Waals surface area contributed by atoms with Gasteiger partial charge in [0.2, 0.25) is 0 Å². The number of para-hydroxylation sites is 1. The standard InChI is InChI=1S/C15H22N2O/c16-13-5-2-1-4-12(13)8-9-17-10-11-18-15-7-3-6-14(15)17/h1-2,4-5,14-15H,3,6-11,16H2. The Morgan fingerprint density at radius 3 is 3.06 bits per heavy atom. The summed E-state index contributed by atoms with van der Waals surface area (Å²) in [4.78, 5) is 2.60. The number of ether oxygens (including phenoxy) is 1. The maximum atomic E-state index is 6.00. The van der Waals surface area contributed by atoms with Crippen LogP contribution in [-0.4, -0.2) is 36.7 Å². The van der Waals surface area contributed by atoms with E-state index in [1.165, 1.54) is 24.8 Å². The minimum Gasteiger partial charge on any atom is -0.399 e. The Hall–Kier alpha value is -1.06. The van der Waals surface area contributed by atoms with Gasteiger partial charge in [-0.15, -0.1) is 0 Å². The van der Waals surface area contributed by atoms with Crippen molar-refractivity contribution >= 4 is 5.69 Å². The van der Waals surface area contributed by atoms with Crippen molar-refractivity contribution in [1.29, 1.82) is 0 Å². The minimum absolute atomic E-state index is 0.492. The predicted octanol–water partition coefficient (Wildman–Crippen LogP) is 2.06. The number of fused-ring (bicyclic) bond motifs is 1. The average Bonchev–Trinajstić information content (AvgIpc) is 2.86. The van der Waals surface area contributed by atoms with Gasteiger partial charge in [0.25, 0.3) is 0 Å². The van der Waals surface area contributed by atoms with Crippen LogP contribution in [0.25, 0.3) is 0 Å². The molecule has 1 aromatic carbocycles. The molecule has 1 aromatic rings. The summed E-state index contributed by atoms with van der Waals surface area (Å²) in [6.07, 6.45) is 5.41. The van der Waals surface area contributed by atoms with Crippen molar-refractivity contribution in [3.8, 4) is 0 Å². The summed E-state index contributed by atoms with van der Waals surface area (Å²) in [5.74, 6) is 0. The summed E-state index contributed by atoms with van der Waals surface area (Å²) in [6, 6.07) is 8.86. The van der Waals surface area contributed by atoms with Crippen molar-refractivity contribution in [2.75, 3.05) is 25.4 Å². The lowest BCUT2D eigenvalue weighted by Crippen LogP contribution is -2.49. The molecular formula is C15H22N2O. The number of anilines is 1. The van der Waals surface area contributed by atoms with Crippen LogP contribution in [0.1, 0.15) is 24.8 Å². The lowest BCUT2D eigenvalue weighted by Gasteiger charge is -2.37. The molecule has 2 atom stereocenters. The molecule has 2 N–H and O–H groups in total. The average molecular weight is 246 g/mol. The van der Waals surface area contributed by atoms with E-state index >= 15 is 0 Å². The first-order valence-electron chi connectivity index (χ1n) is 7.03. The Balaban J connectivity index is 1.61. The van der Waals surface area contributed by atoms with Crippen LogP contribution in [-0.2, 0) is 11.2 Å². The third-order valence-electron chi connectivity index (χ3n) is 4.32. The van der Waals surface area contributed by atoms with Gasteiger partial charge in [0.1, 0.15) is 0 Å². The van der Waals surface area contributed by atoms with Crippen LogP contribution in [0.2, 0.25) is 0 Å². The van der Waals surface area contributed by atoms with E-state index in [0.29, 0.717) is 12.1 Å². The number of hydrogen-bond donors (Lipinski definition) is 1. The quantitative estimate of drug-likeness (QED) is 0.830. The second kappa shape index (κ2) is 5.29. The van der Waals surface area contributed by atoms with E-state index in [-0.39, 0.29) is 0 Å². The van der Waals surface area contributed by atoms with Gasteiger partial charge >= 0.3 is 0 Å². The highest BCUT2D eigenvalue weighted by molar-refractivity contribution is 5.46. The summed E-state index contributed by atoms with van der Waals surface area (Å²) < 4.78 is 5.84. The first-order chi connectivity index (χ1) is 8.84. The fraction of sp³-hybridized carbons (Fsp3) is 0.600. The van der Waals surface area contributed by atoms with Crippen molar-refractivity contribution in [2.24, 2.45) is 0 Å². The monoisotopic (exact) mass is 246 g/mol. The molecule has 2 fully saturated rings. The van der Waals surface area contributed by atoms with Gasteiger partial charge in [0.05, 0.1) is 12.7 Å². The van der Waals surface area contributed by atoms with Gasteiger partial charge in [-0.1, -0.05) is 18.2 Å². The predicted molar refractivity (Wildman–Crippen MR) is 73.5 cm³/mol. The molecule has 0 amide bonds. The van der Waals surface area contributed by atoms with E-state index in [4.69, 9.17) is 10.5 Å². The second-order valence-corrected chi connectivity index (χ2v) is 5.39. The van der Waals surface area contributed by atoms with E-state index in [0.717, 1.165) is 31.8 Å². The summed E-state index contributed by atoms with van der Waals surface area (Å²) >= 11 is 0. The topological polar surface area (TPSA) is 38.5 Å². The first kappa shape index (κ1) is 12.0. The van der Waals surface area contributed by atoms with E-state index < -0.39 is 0 Å². The van der Waals surface area contributed by atoms with Crippen LogP contribution in [0.5, 0.6) is 0 Å². The molecule has 3 rings (SSSR count). The zero-order valence-corrected chi connectivity index (χ0v) is 10.8. The highest BCUT2D eigenvalue weighted by Crippen LogP contribution is 2.29. The van der Waals surface area contributed by atoms with Crippen LogP contribution in [0, 0.1) is 0 Å². The van der Waals surface area contributed by atoms with Gasteiger partial charge in [0.15, 0.2) is 0 Å². The van der Waals surface area contributed by atoms with Gasteiger partial charge in [0, 0.05) is 24.8 Å². The van der Waals surface area contributed by atoms with Crippen LogP contribution in [0.15, 0.2) is 24.3 Å². The molecule has 3 nitrogen and oxygen atoms in total. The maximum absolute atomic E-state index is 6.00. The fourth-order valence-electron chi connectivity index (χ4n) is 3.31. The van der Waals surface area contributed by atoms with Crippen molar-refractivity contribution in [2.45, 2.75) is 37.8 Å². The molecule has 1 aliphatic carbocycles. The third kappa shape index (κ3) is 2.38. The molecule has 1 saturated carbocycles. The van der Waals surface area contributed by atoms with Gasteiger partial charge in [-0.3, -0.25) is 4.90 Å². The first-order valence-corrected chi connectivity index (χ1v) is 7.03. The summed E-state index contributed by atoms with van der Waals surface area (Å²) in [6.45, 7) is 3.08. The maximum Gasteiger partial charge on any atom is 0.0730 e. The van der Waals surface area contributed by atoms with Gasteiger partial charge in [-0.25, -0.2) is 0 Å². The van der Waals surface area contributed by atoms with Crippen molar-refractivity contribution < 1.29 is 4.74 Å². The molecule has 3 heteroatoms. The third-order valence-corrected chi connectivity index (χ3v) is 4.32. The second-order valence-electron chi connectivity index (χ2n) is 5.39. The molecule has 0 spiro atoms. The zero-order valence-electron chi connectivity index (χ0n) is 10.8. The van der Waals surface area contributed by atoms with E-state index in [9.17, 15) is 0 Å². The number of rotatable bonds is 3. The summed E-state index contributed by atoms with van der Waals surface area (Å²) in [5.41, 5.74) is 8.20. The molecule has 2 unspecified atom stereocenters. The highest BCUT2D eigenvalue weighted by Gasteiger charge is 2.35. The van der Waals surface area contributed by atoms with Gasteiger partial charge < -0.3 is 10.5 Å². The number of benzene rings is 1. The lowest BCUT2D eigenvalue weighted by atomic mass is 10.1. The van der Waals surface area contributed by atoms with Crippen LogP contribution in [0.3, 0.4) is 0 Å². The highest BCUT2D eigenvalue weighted by atomic mass is 16.5. The molecule has 0 bridgehead atoms. The van der Waals surface area contributed by atoms with Crippen LogP contribution >= 0.6 is 0 Å². The molecule has 0 aromatic heterocycles. The fourth-order valence-corrected chi connectivity index (χ4v) is 3.31. The Morgan fingerprint density at radius 2 is 2.17 bits per heavy atom. The summed E-state index contributed by atoms with van der Waals surface area (Å²) in [5, 5.41) is 0. The van der Waals surface area contributed by atoms with E-state index in [2.05, 4.69) is 17.0 Å². The molecule has 1 heterocycles. The SMILES string of the molecule is Nc1ccccc1CCN1CCOC2CCCC21. The van der Waals surface area contributed by atoms with E-state index in [1.54, 1.807) is 0 Å². The number of nitrogens with two attached hydrogens (primary N) is 1. The molecule has 0 radical (unpaired) electrons. The Morgan fingerprint density at radius 1 is 1.28 bits per heavy atom. The Bertz CT molecular complexity index is 407. The molecule has 98 valence electrons. The summed E-state index contributed by atoms with van der Waals surface area (Å²) in [7, 11) is 0. The molecular weight excluding hydrogens is 224 g/mol. The van der Waals surface area contributed by atoms with Crippen LogP contribution in [0.4, 0.5) is 5.69 Å². The minimum atomic E-state index is 0.492. The van der Waals surface area contributed by atoms with Gasteiger partial charge in [-0.2, -0.15) is 0 Å².